The molecule has 0 radical (unpaired) electrons. The minimum Gasteiger partial charge on any atom is -0.326 e. The molecule has 1 fully saturated rings. The van der Waals surface area contributed by atoms with E-state index in [1.807, 2.05) is 6.92 Å². The number of benzene rings is 1. The quantitative estimate of drug-likeness (QED) is 0.673. The lowest BCUT2D eigenvalue weighted by molar-refractivity contribution is 0.365. The van der Waals surface area contributed by atoms with Crippen molar-refractivity contribution in [2.24, 2.45) is 5.73 Å². The molecule has 1 aliphatic rings. The molecule has 1 aromatic carbocycles. The van der Waals surface area contributed by atoms with Gasteiger partial charge in [0.1, 0.15) is 6.04 Å². The van der Waals surface area contributed by atoms with Crippen molar-refractivity contribution in [1.29, 1.82) is 5.39 Å². The van der Waals surface area contributed by atoms with Crippen molar-refractivity contribution >= 4 is 10.0 Å². The summed E-state index contributed by atoms with van der Waals surface area (Å²) in [4.78, 5) is 0.106. The van der Waals surface area contributed by atoms with Crippen molar-refractivity contribution in [3.8, 4) is 0 Å². The van der Waals surface area contributed by atoms with Crippen LogP contribution < -0.4 is 5.73 Å². The molecule has 102 valence electrons. The summed E-state index contributed by atoms with van der Waals surface area (Å²) in [5.41, 5.74) is 6.84. The number of hydrogen-bond donors (Lipinski definition) is 1. The van der Waals surface area contributed by atoms with E-state index in [1.165, 1.54) is 12.1 Å². The van der Waals surface area contributed by atoms with E-state index < -0.39 is 16.1 Å². The summed E-state index contributed by atoms with van der Waals surface area (Å²) in [6.07, 6.45) is 2.18. The van der Waals surface area contributed by atoms with Crippen molar-refractivity contribution < 1.29 is 8.42 Å². The predicted molar refractivity (Wildman–Crippen MR) is 70.9 cm³/mol. The Kier molecular flexibility index (Phi) is 3.73. The van der Waals surface area contributed by atoms with Crippen LogP contribution in [-0.2, 0) is 10.0 Å². The first kappa shape index (κ1) is 13.8. The largest absolute Gasteiger partial charge is 0.326 e. The van der Waals surface area contributed by atoms with Gasteiger partial charge in [0.05, 0.1) is 9.31 Å². The Bertz CT molecular complexity index is 591. The van der Waals surface area contributed by atoms with Crippen molar-refractivity contribution in [3.63, 3.8) is 0 Å². The smallest absolute Gasteiger partial charge is 0.326 e. The molecular formula is C12H17N4O2S+. The van der Waals surface area contributed by atoms with Crippen molar-refractivity contribution in [3.05, 3.63) is 34.9 Å². The van der Waals surface area contributed by atoms with Gasteiger partial charge < -0.3 is 5.73 Å². The first-order valence-electron chi connectivity index (χ1n) is 6.18. The van der Waals surface area contributed by atoms with Crippen molar-refractivity contribution in [2.45, 2.75) is 43.2 Å². The topological polar surface area (TPSA) is 91.5 Å². The zero-order valence-corrected chi connectivity index (χ0v) is 11.5. The van der Waals surface area contributed by atoms with E-state index in [9.17, 15) is 8.42 Å². The lowest BCUT2D eigenvalue weighted by atomic mass is 10.2. The highest BCUT2D eigenvalue weighted by Crippen LogP contribution is 2.28. The number of aryl methyl sites for hydroxylation is 1. The summed E-state index contributed by atoms with van der Waals surface area (Å²) < 4.78 is 25.6. The van der Waals surface area contributed by atoms with E-state index >= 15 is 0 Å². The lowest BCUT2D eigenvalue weighted by Crippen LogP contribution is -2.43. The Morgan fingerprint density at radius 3 is 2.42 bits per heavy atom. The minimum atomic E-state index is -3.85. The molecule has 2 N–H and O–H groups in total. The van der Waals surface area contributed by atoms with Gasteiger partial charge in [0.15, 0.2) is 0 Å². The highest BCUT2D eigenvalue weighted by molar-refractivity contribution is 7.89. The molecule has 19 heavy (non-hydrogen) atoms. The fraction of sp³-hybridized carbons (Fsp3) is 0.500. The second-order valence-electron chi connectivity index (χ2n) is 4.84. The fourth-order valence-corrected chi connectivity index (χ4v) is 3.76. The van der Waals surface area contributed by atoms with Gasteiger partial charge in [-0.05, 0) is 38.3 Å². The van der Waals surface area contributed by atoms with Crippen LogP contribution >= 0.6 is 0 Å². The molecule has 0 aliphatic heterocycles. The van der Waals surface area contributed by atoms with Crippen LogP contribution in [0.3, 0.4) is 0 Å². The van der Waals surface area contributed by atoms with E-state index in [1.54, 1.807) is 12.1 Å². The molecule has 0 heterocycles. The Balaban J connectivity index is 2.37. The predicted octanol–water partition coefficient (Wildman–Crippen LogP) is 1.63. The fourth-order valence-electron chi connectivity index (χ4n) is 2.35. The third kappa shape index (κ3) is 2.55. The van der Waals surface area contributed by atoms with E-state index in [4.69, 9.17) is 11.1 Å². The third-order valence-electron chi connectivity index (χ3n) is 3.47. The van der Waals surface area contributed by atoms with Gasteiger partial charge in [-0.25, -0.2) is 0 Å². The Morgan fingerprint density at radius 1 is 1.32 bits per heavy atom. The molecule has 0 aromatic heterocycles. The number of nitrogens with zero attached hydrogens (tertiary/aromatic N) is 3. The SMILES string of the molecule is Cc1ccc(S(=O)(=O)N([N+]#N)C2CCCC2N)cc1. The van der Waals surface area contributed by atoms with Gasteiger partial charge in [-0.2, -0.15) is 8.42 Å². The summed E-state index contributed by atoms with van der Waals surface area (Å²) in [5, 5.41) is 12.0. The standard InChI is InChI=1S/C12H17N4O2S/c1-9-5-7-10(8-6-9)19(17,18)16(15-14)12-4-2-3-11(12)13/h5-8,11-12H,2-4,13H2,1H3/q+1. The Morgan fingerprint density at radius 2 is 1.95 bits per heavy atom. The second-order valence-corrected chi connectivity index (χ2v) is 6.64. The Hall–Kier alpha value is -1.65. The maximum atomic E-state index is 12.4. The Labute approximate surface area is 112 Å². The maximum Gasteiger partial charge on any atom is 0.326 e. The van der Waals surface area contributed by atoms with Crippen LogP contribution in [-0.4, -0.2) is 24.9 Å². The number of diazo groups is 1. The highest BCUT2D eigenvalue weighted by atomic mass is 32.2. The first-order chi connectivity index (χ1) is 8.96. The average Bonchev–Trinajstić information content (AvgIpc) is 2.77. The molecule has 0 bridgehead atoms. The normalized spacial score (nSPS) is 23.0. The van der Waals surface area contributed by atoms with Crippen LogP contribution in [0.4, 0.5) is 0 Å². The first-order valence-corrected chi connectivity index (χ1v) is 7.62. The van der Waals surface area contributed by atoms with Crippen LogP contribution in [0.5, 0.6) is 0 Å². The third-order valence-corrected chi connectivity index (χ3v) is 5.17. The number of rotatable bonds is 3. The van der Waals surface area contributed by atoms with Gasteiger partial charge >= 0.3 is 15.1 Å². The van der Waals surface area contributed by atoms with E-state index in [0.29, 0.717) is 6.42 Å². The molecular weight excluding hydrogens is 264 g/mol. The molecule has 2 rings (SSSR count). The van der Waals surface area contributed by atoms with E-state index in [0.717, 1.165) is 22.8 Å². The monoisotopic (exact) mass is 281 g/mol. The molecule has 2 unspecified atom stereocenters. The van der Waals surface area contributed by atoms with Crippen LogP contribution in [0.25, 0.3) is 5.08 Å². The summed E-state index contributed by atoms with van der Waals surface area (Å²) in [7, 11) is -3.85. The summed E-state index contributed by atoms with van der Waals surface area (Å²) in [6, 6.07) is 5.65. The van der Waals surface area contributed by atoms with Crippen LogP contribution in [0.2, 0.25) is 0 Å². The van der Waals surface area contributed by atoms with Crippen molar-refractivity contribution in [2.75, 3.05) is 0 Å². The zero-order valence-electron chi connectivity index (χ0n) is 10.7. The number of sulfonamides is 1. The van der Waals surface area contributed by atoms with Gasteiger partial charge in [0, 0.05) is 6.04 Å². The van der Waals surface area contributed by atoms with E-state index in [2.05, 4.69) is 5.08 Å². The lowest BCUT2D eigenvalue weighted by Gasteiger charge is -2.16. The summed E-state index contributed by atoms with van der Waals surface area (Å²) >= 11 is 0. The molecule has 1 aromatic rings. The second kappa shape index (κ2) is 5.15. The zero-order chi connectivity index (χ0) is 14.0. The average molecular weight is 281 g/mol. The number of hydrogen-bond acceptors (Lipinski definition) is 4. The molecule has 1 aliphatic carbocycles. The van der Waals surface area contributed by atoms with Crippen LogP contribution in [0, 0.1) is 12.3 Å². The molecule has 1 saturated carbocycles. The molecule has 0 amide bonds. The van der Waals surface area contributed by atoms with E-state index in [-0.39, 0.29) is 10.9 Å². The molecule has 0 spiro atoms. The molecule has 2 atom stereocenters. The van der Waals surface area contributed by atoms with Crippen LogP contribution in [0.1, 0.15) is 24.8 Å². The van der Waals surface area contributed by atoms with Crippen LogP contribution in [0.15, 0.2) is 29.2 Å². The van der Waals surface area contributed by atoms with Gasteiger partial charge in [-0.1, -0.05) is 17.7 Å². The van der Waals surface area contributed by atoms with Crippen molar-refractivity contribution in [1.82, 2.24) is 4.41 Å². The molecule has 7 heteroatoms. The highest BCUT2D eigenvalue weighted by Gasteiger charge is 2.45. The van der Waals surface area contributed by atoms with Gasteiger partial charge in [0.25, 0.3) is 5.39 Å². The minimum absolute atomic E-state index is 0.106. The van der Waals surface area contributed by atoms with Gasteiger partial charge in [-0.3, -0.25) is 0 Å². The number of nitrogens with two attached hydrogens (primary N) is 1. The van der Waals surface area contributed by atoms with Gasteiger partial charge in [0.2, 0.25) is 0 Å². The summed E-state index contributed by atoms with van der Waals surface area (Å²) in [5.74, 6) is 0. The maximum absolute atomic E-state index is 12.4. The molecule has 0 saturated heterocycles. The molecule has 6 nitrogen and oxygen atoms in total. The summed E-state index contributed by atoms with van der Waals surface area (Å²) in [6.45, 7) is 1.87. The van der Waals surface area contributed by atoms with Gasteiger partial charge in [-0.15, -0.1) is 0 Å².